The molecule has 18 heavy (non-hydrogen) atoms. The van der Waals surface area contributed by atoms with Gasteiger partial charge in [-0.2, -0.15) is 5.11 Å². The van der Waals surface area contributed by atoms with Gasteiger partial charge in [-0.25, -0.2) is 0 Å². The van der Waals surface area contributed by atoms with E-state index in [-0.39, 0.29) is 11.9 Å². The summed E-state index contributed by atoms with van der Waals surface area (Å²) < 4.78 is 0. The zero-order valence-corrected chi connectivity index (χ0v) is 11.2. The third kappa shape index (κ3) is 3.92. The Kier molecular flexibility index (Phi) is 4.48. The van der Waals surface area contributed by atoms with Crippen LogP contribution in [0.5, 0.6) is 0 Å². The summed E-state index contributed by atoms with van der Waals surface area (Å²) >= 11 is 0. The van der Waals surface area contributed by atoms with E-state index >= 15 is 0 Å². The minimum atomic E-state index is 0.0873. The van der Waals surface area contributed by atoms with Crippen molar-refractivity contribution in [2.24, 2.45) is 10.3 Å². The van der Waals surface area contributed by atoms with Crippen LogP contribution in [-0.4, -0.2) is 86.7 Å². The third-order valence-corrected chi connectivity index (χ3v) is 3.34. The molecule has 2 rings (SSSR count). The number of amides is 1. The second kappa shape index (κ2) is 6.10. The lowest BCUT2D eigenvalue weighted by atomic mass is 10.3. The first-order chi connectivity index (χ1) is 8.63. The molecule has 0 aromatic heterocycles. The van der Waals surface area contributed by atoms with Crippen LogP contribution in [0.15, 0.2) is 10.3 Å². The van der Waals surface area contributed by atoms with Gasteiger partial charge < -0.3 is 10.2 Å². The molecule has 1 unspecified atom stereocenters. The zero-order valence-electron chi connectivity index (χ0n) is 11.2. The van der Waals surface area contributed by atoms with E-state index in [2.05, 4.69) is 32.5 Å². The molecule has 2 aliphatic heterocycles. The predicted molar refractivity (Wildman–Crippen MR) is 68.2 cm³/mol. The fourth-order valence-corrected chi connectivity index (χ4v) is 2.14. The van der Waals surface area contributed by atoms with Crippen LogP contribution in [0, 0.1) is 0 Å². The van der Waals surface area contributed by atoms with Crippen molar-refractivity contribution in [3.63, 3.8) is 0 Å². The lowest BCUT2D eigenvalue weighted by Crippen LogP contribution is -2.48. The zero-order chi connectivity index (χ0) is 13.0. The summed E-state index contributed by atoms with van der Waals surface area (Å²) in [6, 6.07) is 0.103. The van der Waals surface area contributed by atoms with Gasteiger partial charge in [0.15, 0.2) is 0 Å². The van der Waals surface area contributed by atoms with Crippen molar-refractivity contribution in [3.05, 3.63) is 0 Å². The van der Waals surface area contributed by atoms with Gasteiger partial charge >= 0.3 is 0 Å². The van der Waals surface area contributed by atoms with Gasteiger partial charge in [-0.1, -0.05) is 5.22 Å². The Morgan fingerprint density at radius 2 is 2.00 bits per heavy atom. The van der Waals surface area contributed by atoms with Crippen molar-refractivity contribution in [1.29, 1.82) is 0 Å². The molecule has 0 bridgehead atoms. The first-order valence-electron chi connectivity index (χ1n) is 6.43. The van der Waals surface area contributed by atoms with E-state index < -0.39 is 0 Å². The van der Waals surface area contributed by atoms with Gasteiger partial charge in [-0.15, -0.1) is 0 Å². The SMILES string of the molecule is CN1CCN(CC(=O)NCC2CN(C)N=N2)CC1. The highest BCUT2D eigenvalue weighted by molar-refractivity contribution is 5.78. The van der Waals surface area contributed by atoms with Crippen molar-refractivity contribution >= 4 is 5.91 Å². The maximum absolute atomic E-state index is 11.8. The van der Waals surface area contributed by atoms with Crippen LogP contribution in [0.2, 0.25) is 0 Å². The van der Waals surface area contributed by atoms with Crippen LogP contribution in [-0.2, 0) is 4.79 Å². The minimum absolute atomic E-state index is 0.0873. The van der Waals surface area contributed by atoms with Gasteiger partial charge in [0.25, 0.3) is 0 Å². The number of likely N-dealkylation sites (N-methyl/N-ethyl adjacent to an activating group) is 2. The number of hydrogen-bond donors (Lipinski definition) is 1. The fraction of sp³-hybridized carbons (Fsp3) is 0.909. The second-order valence-electron chi connectivity index (χ2n) is 5.08. The summed E-state index contributed by atoms with van der Waals surface area (Å²) in [5, 5.41) is 12.7. The Labute approximate surface area is 108 Å². The van der Waals surface area contributed by atoms with Gasteiger partial charge in [0, 0.05) is 39.8 Å². The number of rotatable bonds is 4. The van der Waals surface area contributed by atoms with Crippen LogP contribution in [0.3, 0.4) is 0 Å². The third-order valence-electron chi connectivity index (χ3n) is 3.34. The minimum Gasteiger partial charge on any atom is -0.353 e. The molecule has 0 spiro atoms. The molecule has 0 aromatic carbocycles. The molecule has 1 fully saturated rings. The molecule has 7 heteroatoms. The van der Waals surface area contributed by atoms with E-state index in [0.29, 0.717) is 13.1 Å². The Morgan fingerprint density at radius 3 is 2.61 bits per heavy atom. The lowest BCUT2D eigenvalue weighted by Gasteiger charge is -2.31. The van der Waals surface area contributed by atoms with Gasteiger partial charge in [-0.05, 0) is 7.05 Å². The Hall–Kier alpha value is -1.21. The van der Waals surface area contributed by atoms with Crippen LogP contribution >= 0.6 is 0 Å². The Bertz CT molecular complexity index is 313. The van der Waals surface area contributed by atoms with E-state index in [1.165, 1.54) is 0 Å². The van der Waals surface area contributed by atoms with Crippen molar-refractivity contribution in [2.45, 2.75) is 6.04 Å². The van der Waals surface area contributed by atoms with Gasteiger partial charge in [0.05, 0.1) is 13.1 Å². The average molecular weight is 254 g/mol. The van der Waals surface area contributed by atoms with Crippen molar-refractivity contribution < 1.29 is 4.79 Å². The quantitative estimate of drug-likeness (QED) is 0.701. The van der Waals surface area contributed by atoms with Crippen molar-refractivity contribution in [3.8, 4) is 0 Å². The van der Waals surface area contributed by atoms with E-state index in [1.807, 2.05) is 7.05 Å². The molecule has 0 aliphatic carbocycles. The summed E-state index contributed by atoms with van der Waals surface area (Å²) in [6.45, 7) is 5.87. The number of piperazine rings is 1. The largest absolute Gasteiger partial charge is 0.353 e. The maximum atomic E-state index is 11.8. The van der Waals surface area contributed by atoms with Crippen LogP contribution < -0.4 is 5.32 Å². The number of carbonyl (C=O) groups is 1. The molecule has 0 aromatic rings. The highest BCUT2D eigenvalue weighted by Gasteiger charge is 2.19. The topological polar surface area (TPSA) is 63.5 Å². The smallest absolute Gasteiger partial charge is 0.234 e. The van der Waals surface area contributed by atoms with Crippen LogP contribution in [0.4, 0.5) is 0 Å². The van der Waals surface area contributed by atoms with Crippen molar-refractivity contribution in [2.75, 3.05) is 59.9 Å². The number of carbonyl (C=O) groups excluding carboxylic acids is 1. The summed E-state index contributed by atoms with van der Waals surface area (Å²) in [5.74, 6) is 0.0873. The standard InChI is InChI=1S/C11H22N6O/c1-15-3-5-17(6-4-15)9-11(18)12-7-10-8-16(2)14-13-10/h10H,3-9H2,1-2H3,(H,12,18). The molecular weight excluding hydrogens is 232 g/mol. The van der Waals surface area contributed by atoms with E-state index in [0.717, 1.165) is 32.7 Å². The van der Waals surface area contributed by atoms with Crippen LogP contribution in [0.25, 0.3) is 0 Å². The number of hydrogen-bond acceptors (Lipinski definition) is 6. The number of nitrogens with one attached hydrogen (secondary N) is 1. The Morgan fingerprint density at radius 1 is 1.28 bits per heavy atom. The van der Waals surface area contributed by atoms with Gasteiger partial charge in [0.2, 0.25) is 5.91 Å². The van der Waals surface area contributed by atoms with Crippen molar-refractivity contribution in [1.82, 2.24) is 20.1 Å². The first kappa shape index (κ1) is 13.2. The van der Waals surface area contributed by atoms with E-state index in [9.17, 15) is 4.79 Å². The molecule has 102 valence electrons. The molecule has 7 nitrogen and oxygen atoms in total. The van der Waals surface area contributed by atoms with Gasteiger partial charge in [0.1, 0.15) is 6.04 Å². The molecule has 0 saturated carbocycles. The maximum Gasteiger partial charge on any atom is 0.234 e. The molecule has 1 atom stereocenters. The summed E-state index contributed by atoms with van der Waals surface area (Å²) in [4.78, 5) is 16.3. The molecule has 1 N–H and O–H groups in total. The molecule has 1 saturated heterocycles. The van der Waals surface area contributed by atoms with E-state index in [1.54, 1.807) is 5.01 Å². The Balaban J connectivity index is 1.62. The molecule has 2 aliphatic rings. The highest BCUT2D eigenvalue weighted by Crippen LogP contribution is 2.04. The predicted octanol–water partition coefficient (Wildman–Crippen LogP) is -0.969. The average Bonchev–Trinajstić information content (AvgIpc) is 2.76. The highest BCUT2D eigenvalue weighted by atomic mass is 16.2. The second-order valence-corrected chi connectivity index (χ2v) is 5.08. The summed E-state index contributed by atoms with van der Waals surface area (Å²) in [5.41, 5.74) is 0. The summed E-state index contributed by atoms with van der Waals surface area (Å²) in [7, 11) is 3.99. The normalized spacial score (nSPS) is 25.7. The monoisotopic (exact) mass is 254 g/mol. The summed E-state index contributed by atoms with van der Waals surface area (Å²) in [6.07, 6.45) is 0. The van der Waals surface area contributed by atoms with E-state index in [4.69, 9.17) is 0 Å². The first-order valence-corrected chi connectivity index (χ1v) is 6.43. The molecule has 1 amide bonds. The molecule has 0 radical (unpaired) electrons. The number of nitrogens with zero attached hydrogens (tertiary/aromatic N) is 5. The lowest BCUT2D eigenvalue weighted by molar-refractivity contribution is -0.122. The van der Waals surface area contributed by atoms with Crippen LogP contribution in [0.1, 0.15) is 0 Å². The molecular formula is C11H22N6O. The fourth-order valence-electron chi connectivity index (χ4n) is 2.14. The molecule has 2 heterocycles. The van der Waals surface area contributed by atoms with Gasteiger partial charge in [-0.3, -0.25) is 14.7 Å².